The predicted molar refractivity (Wildman–Crippen MR) is 119 cm³/mol. The molecule has 0 atom stereocenters. The van der Waals surface area contributed by atoms with E-state index in [1.165, 1.54) is 7.11 Å². The number of benzene rings is 2. The van der Waals surface area contributed by atoms with Gasteiger partial charge in [0.15, 0.2) is 0 Å². The first-order valence-electron chi connectivity index (χ1n) is 10.2. The molecule has 0 bridgehead atoms. The van der Waals surface area contributed by atoms with Gasteiger partial charge in [-0.2, -0.15) is 8.42 Å². The predicted octanol–water partition coefficient (Wildman–Crippen LogP) is 5.54. The van der Waals surface area contributed by atoms with Crippen LogP contribution in [0.4, 0.5) is 0 Å². The zero-order chi connectivity index (χ0) is 22.6. The molecule has 0 saturated carbocycles. The molecule has 0 saturated heterocycles. The zero-order valence-corrected chi connectivity index (χ0v) is 19.7. The van der Waals surface area contributed by atoms with Gasteiger partial charge in [0, 0.05) is 0 Å². The van der Waals surface area contributed by atoms with Gasteiger partial charge in [0.25, 0.3) is 0 Å². The maximum atomic E-state index is 13.4. The van der Waals surface area contributed by atoms with Crippen molar-refractivity contribution in [1.82, 2.24) is 0 Å². The van der Waals surface area contributed by atoms with Crippen molar-refractivity contribution in [1.29, 1.82) is 0 Å². The van der Waals surface area contributed by atoms with Crippen LogP contribution >= 0.6 is 0 Å². The molecule has 2 aromatic carbocycles. The van der Waals surface area contributed by atoms with Crippen LogP contribution < -0.4 is 4.18 Å². The fraction of sp³-hybridized carbons (Fsp3) is 0.458. The van der Waals surface area contributed by atoms with Gasteiger partial charge in [0.05, 0.1) is 13.5 Å². The van der Waals surface area contributed by atoms with Crippen LogP contribution in [0.1, 0.15) is 81.5 Å². The van der Waals surface area contributed by atoms with E-state index in [0.29, 0.717) is 5.56 Å². The summed E-state index contributed by atoms with van der Waals surface area (Å²) in [5.41, 5.74) is 3.26. The summed E-state index contributed by atoms with van der Waals surface area (Å²) in [5, 5.41) is 0. The first-order chi connectivity index (χ1) is 14.0. The summed E-state index contributed by atoms with van der Waals surface area (Å²) in [6.45, 7) is 12.1. The highest BCUT2D eigenvalue weighted by atomic mass is 32.2. The van der Waals surface area contributed by atoms with Crippen LogP contribution in [0.5, 0.6) is 5.75 Å². The standard InChI is InChI=1S/C24H32O5S/c1-15(2)19-13-21(16(3)4)24(22(14-19)17(5)6)30(26,27)29-20-10-8-9-18(11-20)12-23(25)28-7/h8-11,13-17H,12H2,1-7H3. The molecule has 2 rings (SSSR count). The minimum Gasteiger partial charge on any atom is -0.469 e. The highest BCUT2D eigenvalue weighted by Crippen LogP contribution is 2.36. The molecule has 0 aliphatic heterocycles. The molecule has 164 valence electrons. The van der Waals surface area contributed by atoms with Crippen molar-refractivity contribution in [2.75, 3.05) is 7.11 Å². The Morgan fingerprint density at radius 3 is 1.93 bits per heavy atom. The van der Waals surface area contributed by atoms with Crippen LogP contribution in [-0.2, 0) is 26.1 Å². The van der Waals surface area contributed by atoms with E-state index in [-0.39, 0.29) is 34.8 Å². The van der Waals surface area contributed by atoms with E-state index < -0.39 is 16.1 Å². The third kappa shape index (κ3) is 5.63. The van der Waals surface area contributed by atoms with Crippen LogP contribution in [0, 0.1) is 0 Å². The Bertz CT molecular complexity index is 975. The van der Waals surface area contributed by atoms with Crippen molar-refractivity contribution in [3.63, 3.8) is 0 Å². The number of carbonyl (C=O) groups excluding carboxylic acids is 1. The molecule has 0 aliphatic rings. The molecule has 0 radical (unpaired) electrons. The lowest BCUT2D eigenvalue weighted by Crippen LogP contribution is -2.17. The number of esters is 1. The first-order valence-corrected chi connectivity index (χ1v) is 11.6. The summed E-state index contributed by atoms with van der Waals surface area (Å²) in [4.78, 5) is 11.8. The zero-order valence-electron chi connectivity index (χ0n) is 18.9. The van der Waals surface area contributed by atoms with Crippen LogP contribution in [0.3, 0.4) is 0 Å². The summed E-state index contributed by atoms with van der Waals surface area (Å²) < 4.78 is 37.0. The van der Waals surface area contributed by atoms with Crippen molar-refractivity contribution < 1.29 is 22.1 Å². The molecule has 0 spiro atoms. The smallest absolute Gasteiger partial charge is 0.339 e. The molecule has 2 aromatic rings. The SMILES string of the molecule is COC(=O)Cc1cccc(OS(=O)(=O)c2c(C(C)C)cc(C(C)C)cc2C(C)C)c1. The van der Waals surface area contributed by atoms with Gasteiger partial charge < -0.3 is 8.92 Å². The number of hydrogen-bond donors (Lipinski definition) is 0. The summed E-state index contributed by atoms with van der Waals surface area (Å²) in [7, 11) is -2.76. The van der Waals surface area contributed by atoms with Crippen molar-refractivity contribution >= 4 is 16.1 Å². The van der Waals surface area contributed by atoms with Gasteiger partial charge in [0.2, 0.25) is 0 Å². The lowest BCUT2D eigenvalue weighted by molar-refractivity contribution is -0.139. The number of ether oxygens (including phenoxy) is 1. The monoisotopic (exact) mass is 432 g/mol. The van der Waals surface area contributed by atoms with Gasteiger partial charge in [-0.1, -0.05) is 65.8 Å². The molecule has 5 nitrogen and oxygen atoms in total. The fourth-order valence-corrected chi connectivity index (χ4v) is 4.90. The molecule has 0 heterocycles. The van der Waals surface area contributed by atoms with Gasteiger partial charge in [-0.25, -0.2) is 0 Å². The molecule has 6 heteroatoms. The second-order valence-electron chi connectivity index (χ2n) is 8.43. The minimum atomic E-state index is -4.07. The summed E-state index contributed by atoms with van der Waals surface area (Å²) in [6.07, 6.45) is 0.0469. The molecular formula is C24H32O5S. The third-order valence-electron chi connectivity index (χ3n) is 5.01. The Labute approximate surface area is 180 Å². The Morgan fingerprint density at radius 1 is 0.900 bits per heavy atom. The fourth-order valence-electron chi connectivity index (χ4n) is 3.29. The Balaban J connectivity index is 2.57. The van der Waals surface area contributed by atoms with Gasteiger partial charge in [0.1, 0.15) is 10.6 Å². The Hall–Kier alpha value is -2.34. The lowest BCUT2D eigenvalue weighted by atomic mass is 9.89. The largest absolute Gasteiger partial charge is 0.469 e. The van der Waals surface area contributed by atoms with Crippen molar-refractivity contribution in [3.8, 4) is 5.75 Å². The van der Waals surface area contributed by atoms with E-state index >= 15 is 0 Å². The summed E-state index contributed by atoms with van der Waals surface area (Å²) in [5.74, 6) is 0.0883. The van der Waals surface area contributed by atoms with E-state index in [4.69, 9.17) is 4.18 Å². The molecule has 0 unspecified atom stereocenters. The van der Waals surface area contributed by atoms with Crippen LogP contribution in [0.2, 0.25) is 0 Å². The summed E-state index contributed by atoms with van der Waals surface area (Å²) >= 11 is 0. The highest BCUT2D eigenvalue weighted by Gasteiger charge is 2.28. The van der Waals surface area contributed by atoms with E-state index in [0.717, 1.165) is 16.7 Å². The average molecular weight is 433 g/mol. The maximum absolute atomic E-state index is 13.4. The molecule has 0 aliphatic carbocycles. The van der Waals surface area contributed by atoms with Crippen molar-refractivity contribution in [3.05, 3.63) is 58.7 Å². The van der Waals surface area contributed by atoms with Gasteiger partial charge in [-0.05, 0) is 52.1 Å². The van der Waals surface area contributed by atoms with Crippen molar-refractivity contribution in [2.24, 2.45) is 0 Å². The van der Waals surface area contributed by atoms with Crippen molar-refractivity contribution in [2.45, 2.75) is 70.6 Å². The second kappa shape index (κ2) is 9.65. The van der Waals surface area contributed by atoms with Gasteiger partial charge in [-0.3, -0.25) is 4.79 Å². The van der Waals surface area contributed by atoms with E-state index in [1.54, 1.807) is 24.3 Å². The topological polar surface area (TPSA) is 69.7 Å². The quantitative estimate of drug-likeness (QED) is 0.405. The summed E-state index contributed by atoms with van der Waals surface area (Å²) in [6, 6.07) is 10.5. The van der Waals surface area contributed by atoms with Gasteiger partial charge >= 0.3 is 16.1 Å². The second-order valence-corrected chi connectivity index (χ2v) is 9.91. The third-order valence-corrected chi connectivity index (χ3v) is 6.39. The maximum Gasteiger partial charge on any atom is 0.339 e. The molecule has 0 aromatic heterocycles. The molecule has 30 heavy (non-hydrogen) atoms. The first kappa shape index (κ1) is 23.9. The Kier molecular flexibility index (Phi) is 7.70. The average Bonchev–Trinajstić information content (AvgIpc) is 2.66. The number of methoxy groups -OCH3 is 1. The molecule has 0 N–H and O–H groups in total. The minimum absolute atomic E-state index is 0.0141. The van der Waals surface area contributed by atoms with E-state index in [1.807, 2.05) is 39.8 Å². The van der Waals surface area contributed by atoms with Gasteiger partial charge in [-0.15, -0.1) is 0 Å². The molecule has 0 fully saturated rings. The lowest BCUT2D eigenvalue weighted by Gasteiger charge is -2.22. The molecule has 0 amide bonds. The molecular weight excluding hydrogens is 400 g/mol. The number of carbonyl (C=O) groups is 1. The normalized spacial score (nSPS) is 11.9. The van der Waals surface area contributed by atoms with E-state index in [9.17, 15) is 13.2 Å². The van der Waals surface area contributed by atoms with Crippen LogP contribution in [0.15, 0.2) is 41.3 Å². The Morgan fingerprint density at radius 2 is 1.47 bits per heavy atom. The number of hydrogen-bond acceptors (Lipinski definition) is 5. The number of rotatable bonds is 8. The van der Waals surface area contributed by atoms with E-state index in [2.05, 4.69) is 18.6 Å². The highest BCUT2D eigenvalue weighted by molar-refractivity contribution is 7.87. The van der Waals surface area contributed by atoms with Crippen LogP contribution in [-0.4, -0.2) is 21.5 Å². The van der Waals surface area contributed by atoms with Crippen LogP contribution in [0.25, 0.3) is 0 Å².